The van der Waals surface area contributed by atoms with Crippen LogP contribution in [0.15, 0.2) is 0 Å². The summed E-state index contributed by atoms with van der Waals surface area (Å²) >= 11 is 1.56. The first-order chi connectivity index (χ1) is 9.01. The van der Waals surface area contributed by atoms with Crippen molar-refractivity contribution >= 4 is 22.3 Å². The molecule has 1 aliphatic rings. The van der Waals surface area contributed by atoms with Crippen LogP contribution >= 0.6 is 11.3 Å². The largest absolute Gasteiger partial charge is 0.348 e. The molecule has 0 saturated heterocycles. The molecule has 0 bridgehead atoms. The van der Waals surface area contributed by atoms with Crippen molar-refractivity contribution in [2.24, 2.45) is 10.8 Å². The van der Waals surface area contributed by atoms with Gasteiger partial charge in [0, 0.05) is 19.5 Å². The van der Waals surface area contributed by atoms with E-state index >= 15 is 0 Å². The maximum atomic E-state index is 12.3. The lowest BCUT2D eigenvalue weighted by atomic mass is 9.78. The molecule has 1 unspecified atom stereocenters. The van der Waals surface area contributed by atoms with Gasteiger partial charge in [-0.1, -0.05) is 46.0 Å². The Bertz CT molecular complexity index is 525. The standard InChI is InChI=1S/C16H26N2OS/c1-10(15(2,3)4)18(7)14-17-11-8-16(5,6)9-12(19)13(11)20-14/h10H,8-9H2,1-7H3. The fourth-order valence-corrected chi connectivity index (χ4v) is 3.67. The highest BCUT2D eigenvalue weighted by atomic mass is 32.1. The quantitative estimate of drug-likeness (QED) is 0.821. The normalized spacial score (nSPS) is 19.6. The molecule has 1 atom stereocenters. The van der Waals surface area contributed by atoms with Gasteiger partial charge in [-0.05, 0) is 24.2 Å². The van der Waals surface area contributed by atoms with E-state index in [2.05, 4.69) is 53.5 Å². The summed E-state index contributed by atoms with van der Waals surface area (Å²) in [6, 6.07) is 0.373. The Morgan fingerprint density at radius 1 is 1.30 bits per heavy atom. The molecule has 0 fully saturated rings. The lowest BCUT2D eigenvalue weighted by molar-refractivity contribution is 0.0916. The van der Waals surface area contributed by atoms with Crippen molar-refractivity contribution in [3.8, 4) is 0 Å². The third-order valence-electron chi connectivity index (χ3n) is 4.36. The van der Waals surface area contributed by atoms with E-state index in [1.54, 1.807) is 11.3 Å². The summed E-state index contributed by atoms with van der Waals surface area (Å²) in [5.74, 6) is 0.261. The number of nitrogens with zero attached hydrogens (tertiary/aromatic N) is 2. The molecule has 0 amide bonds. The molecule has 0 N–H and O–H groups in total. The Morgan fingerprint density at radius 2 is 1.90 bits per heavy atom. The Labute approximate surface area is 126 Å². The highest BCUT2D eigenvalue weighted by molar-refractivity contribution is 7.17. The molecule has 0 saturated carbocycles. The van der Waals surface area contributed by atoms with Crippen molar-refractivity contribution in [3.63, 3.8) is 0 Å². The molecule has 112 valence electrons. The molecule has 0 radical (unpaired) electrons. The van der Waals surface area contributed by atoms with Gasteiger partial charge in [0.25, 0.3) is 0 Å². The van der Waals surface area contributed by atoms with Crippen LogP contribution in [-0.2, 0) is 6.42 Å². The first-order valence-electron chi connectivity index (χ1n) is 7.27. The van der Waals surface area contributed by atoms with Crippen LogP contribution < -0.4 is 4.90 Å². The van der Waals surface area contributed by atoms with Crippen LogP contribution in [-0.4, -0.2) is 23.9 Å². The second-order valence-electron chi connectivity index (χ2n) is 7.87. The zero-order valence-electron chi connectivity index (χ0n) is 13.7. The van der Waals surface area contributed by atoms with Crippen molar-refractivity contribution in [3.05, 3.63) is 10.6 Å². The van der Waals surface area contributed by atoms with Crippen molar-refractivity contribution in [1.29, 1.82) is 0 Å². The van der Waals surface area contributed by atoms with Gasteiger partial charge in [0.1, 0.15) is 0 Å². The minimum absolute atomic E-state index is 0.0453. The van der Waals surface area contributed by atoms with Crippen LogP contribution in [0, 0.1) is 10.8 Å². The maximum Gasteiger partial charge on any atom is 0.186 e. The molecule has 1 heterocycles. The van der Waals surface area contributed by atoms with E-state index < -0.39 is 0 Å². The van der Waals surface area contributed by atoms with Gasteiger partial charge < -0.3 is 4.90 Å². The summed E-state index contributed by atoms with van der Waals surface area (Å²) in [6.45, 7) is 13.2. The van der Waals surface area contributed by atoms with Crippen LogP contribution in [0.1, 0.15) is 63.3 Å². The number of hydrogen-bond donors (Lipinski definition) is 0. The maximum absolute atomic E-state index is 12.3. The van der Waals surface area contributed by atoms with Gasteiger partial charge in [0.05, 0.1) is 10.6 Å². The van der Waals surface area contributed by atoms with Crippen LogP contribution in [0.2, 0.25) is 0 Å². The number of anilines is 1. The van der Waals surface area contributed by atoms with Crippen LogP contribution in [0.4, 0.5) is 5.13 Å². The molecular formula is C16H26N2OS. The molecule has 2 rings (SSSR count). The minimum Gasteiger partial charge on any atom is -0.348 e. The van der Waals surface area contributed by atoms with Gasteiger partial charge in [-0.25, -0.2) is 4.98 Å². The molecule has 20 heavy (non-hydrogen) atoms. The molecular weight excluding hydrogens is 268 g/mol. The van der Waals surface area contributed by atoms with Crippen molar-refractivity contribution < 1.29 is 4.79 Å². The Hall–Kier alpha value is -0.900. The Balaban J connectivity index is 2.32. The van der Waals surface area contributed by atoms with Gasteiger partial charge in [0.2, 0.25) is 0 Å². The number of carbonyl (C=O) groups excluding carboxylic acids is 1. The second kappa shape index (κ2) is 4.83. The predicted molar refractivity (Wildman–Crippen MR) is 85.9 cm³/mol. The molecule has 0 aliphatic heterocycles. The second-order valence-corrected chi connectivity index (χ2v) is 8.84. The number of thiazole rings is 1. The summed E-state index contributed by atoms with van der Waals surface area (Å²) in [4.78, 5) is 20.1. The number of rotatable bonds is 2. The van der Waals surface area contributed by atoms with Crippen LogP contribution in [0.5, 0.6) is 0 Å². The van der Waals surface area contributed by atoms with Gasteiger partial charge >= 0.3 is 0 Å². The molecule has 1 aromatic heterocycles. The van der Waals surface area contributed by atoms with E-state index in [0.29, 0.717) is 12.5 Å². The molecule has 1 aliphatic carbocycles. The third kappa shape index (κ3) is 2.90. The van der Waals surface area contributed by atoms with E-state index in [1.807, 2.05) is 0 Å². The molecule has 0 aromatic carbocycles. The summed E-state index contributed by atoms with van der Waals surface area (Å²) < 4.78 is 0. The number of Topliss-reactive ketones (excluding diaryl/α,β-unsaturated/α-hetero) is 1. The number of ketones is 1. The van der Waals surface area contributed by atoms with Gasteiger partial charge in [-0.3, -0.25) is 4.79 Å². The lowest BCUT2D eigenvalue weighted by Gasteiger charge is -2.35. The van der Waals surface area contributed by atoms with E-state index in [1.165, 1.54) is 0 Å². The number of fused-ring (bicyclic) bond motifs is 1. The minimum atomic E-state index is 0.0453. The SMILES string of the molecule is CC(N(C)c1nc2c(s1)C(=O)CC(C)(C)C2)C(C)(C)C. The fraction of sp³-hybridized carbons (Fsp3) is 0.750. The highest BCUT2D eigenvalue weighted by Gasteiger charge is 2.35. The average Bonchev–Trinajstić information content (AvgIpc) is 2.68. The summed E-state index contributed by atoms with van der Waals surface area (Å²) in [5, 5.41) is 0.975. The number of hydrogen-bond acceptors (Lipinski definition) is 4. The van der Waals surface area contributed by atoms with E-state index in [0.717, 1.165) is 22.1 Å². The summed E-state index contributed by atoms with van der Waals surface area (Å²) in [6.07, 6.45) is 1.54. The van der Waals surface area contributed by atoms with Crippen LogP contribution in [0.25, 0.3) is 0 Å². The zero-order chi connectivity index (χ0) is 15.3. The summed E-state index contributed by atoms with van der Waals surface area (Å²) in [5.41, 5.74) is 1.23. The highest BCUT2D eigenvalue weighted by Crippen LogP contribution is 2.40. The van der Waals surface area contributed by atoms with Crippen molar-refractivity contribution in [1.82, 2.24) is 4.98 Å². The Morgan fingerprint density at radius 3 is 2.45 bits per heavy atom. The van der Waals surface area contributed by atoms with Gasteiger partial charge in [-0.15, -0.1) is 0 Å². The monoisotopic (exact) mass is 294 g/mol. The number of aromatic nitrogens is 1. The first-order valence-corrected chi connectivity index (χ1v) is 8.09. The van der Waals surface area contributed by atoms with E-state index in [9.17, 15) is 4.79 Å². The van der Waals surface area contributed by atoms with Crippen LogP contribution in [0.3, 0.4) is 0 Å². The topological polar surface area (TPSA) is 33.2 Å². The Kier molecular flexibility index (Phi) is 3.74. The first kappa shape index (κ1) is 15.5. The van der Waals surface area contributed by atoms with E-state index in [4.69, 9.17) is 4.98 Å². The van der Waals surface area contributed by atoms with Crippen molar-refractivity contribution in [2.75, 3.05) is 11.9 Å². The average molecular weight is 294 g/mol. The zero-order valence-corrected chi connectivity index (χ0v) is 14.5. The van der Waals surface area contributed by atoms with Gasteiger partial charge in [-0.2, -0.15) is 0 Å². The third-order valence-corrected chi connectivity index (χ3v) is 5.59. The smallest absolute Gasteiger partial charge is 0.186 e. The molecule has 3 nitrogen and oxygen atoms in total. The lowest BCUT2D eigenvalue weighted by Crippen LogP contribution is -2.39. The van der Waals surface area contributed by atoms with Crippen molar-refractivity contribution in [2.45, 2.75) is 60.4 Å². The summed E-state index contributed by atoms with van der Waals surface area (Å²) in [7, 11) is 2.08. The number of carbonyl (C=O) groups is 1. The molecule has 1 aromatic rings. The molecule has 4 heteroatoms. The predicted octanol–water partition coefficient (Wildman–Crippen LogP) is 4.17. The molecule has 0 spiro atoms. The van der Waals surface area contributed by atoms with Gasteiger partial charge in [0.15, 0.2) is 10.9 Å². The fourth-order valence-electron chi connectivity index (χ4n) is 2.61. The van der Waals surface area contributed by atoms with E-state index in [-0.39, 0.29) is 16.6 Å².